The summed E-state index contributed by atoms with van der Waals surface area (Å²) >= 11 is 0. The molecule has 7 nitrogen and oxygen atoms in total. The molecule has 0 saturated carbocycles. The molecule has 0 aliphatic carbocycles. The number of aliphatic hydroxyl groups excluding tert-OH is 1. The van der Waals surface area contributed by atoms with Crippen molar-refractivity contribution in [1.29, 1.82) is 0 Å². The number of rotatable bonds is 3. The number of likely N-dealkylation sites (tertiary alicyclic amines) is 1. The molecular weight excluding hydrogens is 370 g/mol. The molecule has 3 N–H and O–H groups in total. The SMILES string of the molecule is COc1ccc(-c2ccc(C(=O)N3CCC[C@]4(CNCC[C@@H]4O)C3)c(=O)[nH]2)cc1. The van der Waals surface area contributed by atoms with Gasteiger partial charge in [-0.15, -0.1) is 0 Å². The second kappa shape index (κ2) is 8.00. The molecule has 2 aliphatic rings. The van der Waals surface area contributed by atoms with Crippen molar-refractivity contribution in [2.45, 2.75) is 25.4 Å². The fraction of sp³-hybridized carbons (Fsp3) is 0.455. The summed E-state index contributed by atoms with van der Waals surface area (Å²) in [5.74, 6) is 0.464. The lowest BCUT2D eigenvalue weighted by Gasteiger charge is -2.48. The van der Waals surface area contributed by atoms with E-state index in [0.29, 0.717) is 31.7 Å². The van der Waals surface area contributed by atoms with E-state index in [1.807, 2.05) is 24.3 Å². The first kappa shape index (κ1) is 19.7. The van der Waals surface area contributed by atoms with Crippen molar-refractivity contribution in [3.05, 3.63) is 52.3 Å². The predicted molar refractivity (Wildman–Crippen MR) is 110 cm³/mol. The molecule has 29 heavy (non-hydrogen) atoms. The number of hydrogen-bond acceptors (Lipinski definition) is 5. The highest BCUT2D eigenvalue weighted by Crippen LogP contribution is 2.36. The fourth-order valence-electron chi connectivity index (χ4n) is 4.50. The number of hydrogen-bond donors (Lipinski definition) is 3. The van der Waals surface area contributed by atoms with Crippen LogP contribution in [0.4, 0.5) is 0 Å². The average Bonchev–Trinajstić information content (AvgIpc) is 2.76. The van der Waals surface area contributed by atoms with Gasteiger partial charge >= 0.3 is 0 Å². The van der Waals surface area contributed by atoms with Gasteiger partial charge in [-0.25, -0.2) is 0 Å². The van der Waals surface area contributed by atoms with Gasteiger partial charge in [0.05, 0.1) is 13.2 Å². The van der Waals surface area contributed by atoms with Gasteiger partial charge in [0.15, 0.2) is 0 Å². The second-order valence-corrected chi connectivity index (χ2v) is 8.02. The summed E-state index contributed by atoms with van der Waals surface area (Å²) < 4.78 is 5.16. The molecule has 0 unspecified atom stereocenters. The highest BCUT2D eigenvalue weighted by atomic mass is 16.5. The highest BCUT2D eigenvalue weighted by molar-refractivity contribution is 5.94. The second-order valence-electron chi connectivity index (χ2n) is 8.02. The van der Waals surface area contributed by atoms with Gasteiger partial charge in [-0.1, -0.05) is 0 Å². The van der Waals surface area contributed by atoms with E-state index in [1.165, 1.54) is 0 Å². The van der Waals surface area contributed by atoms with E-state index in [-0.39, 0.29) is 16.9 Å². The smallest absolute Gasteiger partial charge is 0.261 e. The maximum absolute atomic E-state index is 13.1. The standard InChI is InChI=1S/C22H27N3O4/c1-29-16-5-3-15(4-6-16)18-8-7-17(20(27)24-18)21(28)25-12-2-10-22(14-25)13-23-11-9-19(22)26/h3-8,19,23,26H,2,9-14H2,1H3,(H,24,27)/t19-,22-/m0/s1. The predicted octanol–water partition coefficient (Wildman–Crippen LogP) is 1.63. The third kappa shape index (κ3) is 3.80. The number of H-pyrrole nitrogens is 1. The van der Waals surface area contributed by atoms with Crippen LogP contribution in [0.15, 0.2) is 41.2 Å². The Morgan fingerprint density at radius 1 is 1.24 bits per heavy atom. The van der Waals surface area contributed by atoms with E-state index in [2.05, 4.69) is 10.3 Å². The van der Waals surface area contributed by atoms with Crippen LogP contribution >= 0.6 is 0 Å². The van der Waals surface area contributed by atoms with E-state index >= 15 is 0 Å². The number of carbonyl (C=O) groups is 1. The summed E-state index contributed by atoms with van der Waals surface area (Å²) in [5.41, 5.74) is 0.913. The van der Waals surface area contributed by atoms with Crippen molar-refractivity contribution in [2.24, 2.45) is 5.41 Å². The van der Waals surface area contributed by atoms with E-state index < -0.39 is 11.7 Å². The first-order valence-electron chi connectivity index (χ1n) is 10.1. The first-order chi connectivity index (χ1) is 14.0. The summed E-state index contributed by atoms with van der Waals surface area (Å²) in [7, 11) is 1.60. The Labute approximate surface area is 169 Å². The van der Waals surface area contributed by atoms with Crippen molar-refractivity contribution in [3.63, 3.8) is 0 Å². The topological polar surface area (TPSA) is 94.7 Å². The van der Waals surface area contributed by atoms with Gasteiger partial charge < -0.3 is 25.0 Å². The van der Waals surface area contributed by atoms with E-state index in [0.717, 1.165) is 30.7 Å². The Morgan fingerprint density at radius 2 is 2.03 bits per heavy atom. The maximum Gasteiger partial charge on any atom is 0.261 e. The molecule has 2 atom stereocenters. The molecule has 1 aromatic carbocycles. The Bertz CT molecular complexity index is 936. The molecule has 7 heteroatoms. The molecule has 0 bridgehead atoms. The zero-order valence-electron chi connectivity index (χ0n) is 16.6. The lowest BCUT2D eigenvalue weighted by Crippen LogP contribution is -2.59. The van der Waals surface area contributed by atoms with Gasteiger partial charge in [0.1, 0.15) is 11.3 Å². The molecule has 4 rings (SSSR count). The number of benzene rings is 1. The van der Waals surface area contributed by atoms with Crippen LogP contribution < -0.4 is 15.6 Å². The molecule has 2 aliphatic heterocycles. The summed E-state index contributed by atoms with van der Waals surface area (Å²) in [6, 6.07) is 10.7. The molecule has 154 valence electrons. The minimum absolute atomic E-state index is 0.137. The minimum atomic E-state index is -0.421. The molecule has 2 saturated heterocycles. The van der Waals surface area contributed by atoms with Crippen LogP contribution in [0.25, 0.3) is 11.3 Å². The van der Waals surface area contributed by atoms with Crippen molar-refractivity contribution >= 4 is 5.91 Å². The number of aromatic nitrogens is 1. The van der Waals surface area contributed by atoms with Gasteiger partial charge in [-0.05, 0) is 67.8 Å². The van der Waals surface area contributed by atoms with Gasteiger partial charge in [0, 0.05) is 30.7 Å². The molecule has 2 fully saturated rings. The lowest BCUT2D eigenvalue weighted by atomic mass is 9.72. The van der Waals surface area contributed by atoms with Gasteiger partial charge in [-0.3, -0.25) is 9.59 Å². The van der Waals surface area contributed by atoms with Crippen LogP contribution in [-0.2, 0) is 0 Å². The summed E-state index contributed by atoms with van der Waals surface area (Å²) in [5, 5.41) is 13.9. The van der Waals surface area contributed by atoms with Crippen LogP contribution in [-0.4, -0.2) is 60.3 Å². The summed E-state index contributed by atoms with van der Waals surface area (Å²) in [4.78, 5) is 30.3. The van der Waals surface area contributed by atoms with Gasteiger partial charge in [0.25, 0.3) is 11.5 Å². The normalized spacial score (nSPS) is 24.5. The van der Waals surface area contributed by atoms with Crippen LogP contribution in [0.2, 0.25) is 0 Å². The maximum atomic E-state index is 13.1. The number of nitrogens with zero attached hydrogens (tertiary/aromatic N) is 1. The van der Waals surface area contributed by atoms with Crippen molar-refractivity contribution in [1.82, 2.24) is 15.2 Å². The Balaban J connectivity index is 1.54. The third-order valence-corrected chi connectivity index (χ3v) is 6.22. The van der Waals surface area contributed by atoms with Crippen LogP contribution in [0.1, 0.15) is 29.6 Å². The number of nitrogens with one attached hydrogen (secondary N) is 2. The number of aliphatic hydroxyl groups is 1. The molecule has 1 aromatic heterocycles. The zero-order chi connectivity index (χ0) is 20.4. The number of amides is 1. The Morgan fingerprint density at radius 3 is 2.72 bits per heavy atom. The zero-order valence-corrected chi connectivity index (χ0v) is 16.6. The highest BCUT2D eigenvalue weighted by Gasteiger charge is 2.44. The number of ether oxygens (including phenoxy) is 1. The van der Waals surface area contributed by atoms with Gasteiger partial charge in [-0.2, -0.15) is 0 Å². The number of aromatic amines is 1. The van der Waals surface area contributed by atoms with Crippen molar-refractivity contribution < 1.29 is 14.6 Å². The van der Waals surface area contributed by atoms with Crippen molar-refractivity contribution in [2.75, 3.05) is 33.3 Å². The summed E-state index contributed by atoms with van der Waals surface area (Å²) in [6.07, 6.45) is 1.98. The van der Waals surface area contributed by atoms with E-state index in [4.69, 9.17) is 4.74 Å². The lowest BCUT2D eigenvalue weighted by molar-refractivity contribution is -0.0433. The number of carbonyl (C=O) groups excluding carboxylic acids is 1. The first-order valence-corrected chi connectivity index (χ1v) is 10.1. The molecule has 0 radical (unpaired) electrons. The number of methoxy groups -OCH3 is 1. The van der Waals surface area contributed by atoms with Crippen LogP contribution in [0.3, 0.4) is 0 Å². The molecule has 3 heterocycles. The van der Waals surface area contributed by atoms with Crippen LogP contribution in [0.5, 0.6) is 5.75 Å². The Kier molecular flexibility index (Phi) is 5.43. The number of piperidine rings is 2. The monoisotopic (exact) mass is 397 g/mol. The molecule has 1 spiro atoms. The average molecular weight is 397 g/mol. The van der Waals surface area contributed by atoms with E-state index in [1.54, 1.807) is 24.1 Å². The minimum Gasteiger partial charge on any atom is -0.497 e. The summed E-state index contributed by atoms with van der Waals surface area (Å²) in [6.45, 7) is 2.57. The van der Waals surface area contributed by atoms with Crippen molar-refractivity contribution in [3.8, 4) is 17.0 Å². The Hall–Kier alpha value is -2.64. The molecule has 2 aromatic rings. The molecule has 1 amide bonds. The third-order valence-electron chi connectivity index (χ3n) is 6.22. The fourth-order valence-corrected chi connectivity index (χ4v) is 4.50. The largest absolute Gasteiger partial charge is 0.497 e. The van der Waals surface area contributed by atoms with E-state index in [9.17, 15) is 14.7 Å². The molecular formula is C22H27N3O4. The van der Waals surface area contributed by atoms with Crippen LogP contribution in [0, 0.1) is 5.41 Å². The van der Waals surface area contributed by atoms with Gasteiger partial charge in [0.2, 0.25) is 0 Å². The number of pyridine rings is 1. The quantitative estimate of drug-likeness (QED) is 0.732.